The fraction of sp³-hybridized carbons (Fsp3) is 0.550. The van der Waals surface area contributed by atoms with Crippen LogP contribution in [0, 0.1) is 5.41 Å². The lowest BCUT2D eigenvalue weighted by molar-refractivity contribution is -0.184. The van der Waals surface area contributed by atoms with Crippen LogP contribution in [0.25, 0.3) is 5.57 Å². The number of ether oxygens (including phenoxy) is 3. The maximum absolute atomic E-state index is 12.6. The summed E-state index contributed by atoms with van der Waals surface area (Å²) in [6.45, 7) is 2.68. The lowest BCUT2D eigenvalue weighted by Crippen LogP contribution is -2.32. The Kier molecular flexibility index (Phi) is 3.68. The maximum Gasteiger partial charge on any atom is 0.341 e. The summed E-state index contributed by atoms with van der Waals surface area (Å²) in [6.07, 6.45) is 6.97. The first-order valence-electron chi connectivity index (χ1n) is 8.81. The number of hydrogen-bond acceptors (Lipinski definition) is 4. The van der Waals surface area contributed by atoms with Gasteiger partial charge in [-0.2, -0.15) is 0 Å². The van der Waals surface area contributed by atoms with Crippen molar-refractivity contribution in [2.75, 3.05) is 13.7 Å². The first-order valence-corrected chi connectivity index (χ1v) is 8.81. The van der Waals surface area contributed by atoms with Crippen molar-refractivity contribution in [1.29, 1.82) is 0 Å². The van der Waals surface area contributed by atoms with E-state index >= 15 is 0 Å². The SMILES string of the molecule is COc1ccc(C2=C(C)[C@]3(CC4(CCCCC4)CO3)OC2=O)cc1. The standard InChI is InChI=1S/C20H24O4/c1-14-17(15-6-8-16(22-2)9-7-15)18(21)24-20(14)12-19(13-23-20)10-4-3-5-11-19/h6-9H,3-5,10-13H2,1-2H3/t20-/m0/s1. The highest BCUT2D eigenvalue weighted by Gasteiger charge is 2.57. The molecule has 0 unspecified atom stereocenters. The van der Waals surface area contributed by atoms with Gasteiger partial charge in [0.2, 0.25) is 5.79 Å². The quantitative estimate of drug-likeness (QED) is 0.767. The van der Waals surface area contributed by atoms with Gasteiger partial charge >= 0.3 is 5.97 Å². The average molecular weight is 328 g/mol. The van der Waals surface area contributed by atoms with Crippen molar-refractivity contribution in [1.82, 2.24) is 0 Å². The van der Waals surface area contributed by atoms with Crippen LogP contribution in [0.4, 0.5) is 0 Å². The molecule has 0 bridgehead atoms. The molecule has 1 atom stereocenters. The first-order chi connectivity index (χ1) is 11.6. The maximum atomic E-state index is 12.6. The van der Waals surface area contributed by atoms with Crippen molar-refractivity contribution in [2.45, 2.75) is 51.2 Å². The molecule has 1 aliphatic carbocycles. The van der Waals surface area contributed by atoms with Gasteiger partial charge in [-0.15, -0.1) is 0 Å². The molecule has 24 heavy (non-hydrogen) atoms. The summed E-state index contributed by atoms with van der Waals surface area (Å²) in [4.78, 5) is 12.6. The van der Waals surface area contributed by atoms with E-state index in [-0.39, 0.29) is 11.4 Å². The van der Waals surface area contributed by atoms with E-state index < -0.39 is 5.79 Å². The van der Waals surface area contributed by atoms with Crippen molar-refractivity contribution in [3.8, 4) is 5.75 Å². The van der Waals surface area contributed by atoms with Gasteiger partial charge in [0.1, 0.15) is 5.75 Å². The van der Waals surface area contributed by atoms with Crippen LogP contribution in [0.1, 0.15) is 51.0 Å². The molecule has 0 N–H and O–H groups in total. The molecule has 0 amide bonds. The molecule has 0 radical (unpaired) electrons. The summed E-state index contributed by atoms with van der Waals surface area (Å²) in [5.74, 6) is -0.342. The van der Waals surface area contributed by atoms with Crippen LogP contribution in [-0.4, -0.2) is 25.5 Å². The second kappa shape index (κ2) is 5.62. The van der Waals surface area contributed by atoms with Crippen molar-refractivity contribution < 1.29 is 19.0 Å². The minimum absolute atomic E-state index is 0.190. The monoisotopic (exact) mass is 328 g/mol. The topological polar surface area (TPSA) is 44.8 Å². The minimum atomic E-state index is -0.844. The molecule has 1 saturated carbocycles. The van der Waals surface area contributed by atoms with E-state index in [9.17, 15) is 4.79 Å². The molecule has 1 aromatic rings. The van der Waals surface area contributed by atoms with Gasteiger partial charge in [0.15, 0.2) is 0 Å². The summed E-state index contributed by atoms with van der Waals surface area (Å²) in [7, 11) is 1.63. The van der Waals surface area contributed by atoms with Crippen LogP contribution in [0.2, 0.25) is 0 Å². The van der Waals surface area contributed by atoms with Crippen LogP contribution in [0.15, 0.2) is 29.8 Å². The van der Waals surface area contributed by atoms with Crippen LogP contribution in [0.3, 0.4) is 0 Å². The van der Waals surface area contributed by atoms with Crippen LogP contribution in [-0.2, 0) is 14.3 Å². The van der Waals surface area contributed by atoms with Gasteiger partial charge in [0.25, 0.3) is 0 Å². The summed E-state index contributed by atoms with van der Waals surface area (Å²) in [5.41, 5.74) is 2.61. The van der Waals surface area contributed by atoms with E-state index in [1.54, 1.807) is 7.11 Å². The normalized spacial score (nSPS) is 28.7. The van der Waals surface area contributed by atoms with Gasteiger partial charge < -0.3 is 14.2 Å². The number of hydrogen-bond donors (Lipinski definition) is 0. The fourth-order valence-corrected chi connectivity index (χ4v) is 4.51. The molecule has 4 nitrogen and oxygen atoms in total. The number of benzene rings is 1. The zero-order chi connectivity index (χ0) is 16.8. The van der Waals surface area contributed by atoms with Crippen LogP contribution >= 0.6 is 0 Å². The third kappa shape index (κ3) is 2.35. The van der Waals surface area contributed by atoms with Crippen LogP contribution in [0.5, 0.6) is 5.75 Å². The second-order valence-electron chi connectivity index (χ2n) is 7.40. The van der Waals surface area contributed by atoms with Gasteiger partial charge in [-0.3, -0.25) is 0 Å². The van der Waals surface area contributed by atoms with Gasteiger partial charge in [-0.05, 0) is 37.5 Å². The number of carbonyl (C=O) groups is 1. The lowest BCUT2D eigenvalue weighted by atomic mass is 9.71. The third-order valence-electron chi connectivity index (χ3n) is 5.92. The molecule has 2 spiro atoms. The largest absolute Gasteiger partial charge is 0.497 e. The van der Waals surface area contributed by atoms with E-state index in [4.69, 9.17) is 14.2 Å². The summed E-state index contributed by atoms with van der Waals surface area (Å²) >= 11 is 0. The second-order valence-corrected chi connectivity index (χ2v) is 7.40. The van der Waals surface area contributed by atoms with Gasteiger partial charge in [-0.1, -0.05) is 31.4 Å². The number of esters is 1. The molecule has 2 aliphatic heterocycles. The number of carbonyl (C=O) groups excluding carboxylic acids is 1. The number of rotatable bonds is 2. The summed E-state index contributed by atoms with van der Waals surface area (Å²) in [6, 6.07) is 7.55. The van der Waals surface area contributed by atoms with Crippen molar-refractivity contribution in [2.24, 2.45) is 5.41 Å². The number of methoxy groups -OCH3 is 1. The molecule has 2 heterocycles. The smallest absolute Gasteiger partial charge is 0.341 e. The molecule has 2 fully saturated rings. The third-order valence-corrected chi connectivity index (χ3v) is 5.92. The van der Waals surface area contributed by atoms with Crippen molar-refractivity contribution in [3.63, 3.8) is 0 Å². The lowest BCUT2D eigenvalue weighted by Gasteiger charge is -2.32. The zero-order valence-electron chi connectivity index (χ0n) is 14.4. The Morgan fingerprint density at radius 2 is 1.79 bits per heavy atom. The van der Waals surface area contributed by atoms with Gasteiger partial charge in [0.05, 0.1) is 19.3 Å². The van der Waals surface area contributed by atoms with E-state index in [0.717, 1.165) is 23.3 Å². The summed E-state index contributed by atoms with van der Waals surface area (Å²) in [5, 5.41) is 0. The summed E-state index contributed by atoms with van der Waals surface area (Å²) < 4.78 is 17.2. The molecule has 1 saturated heterocycles. The van der Waals surface area contributed by atoms with Gasteiger partial charge in [-0.25, -0.2) is 4.79 Å². The molecular weight excluding hydrogens is 304 g/mol. The molecule has 4 heteroatoms. The molecule has 3 aliphatic rings. The van der Waals surface area contributed by atoms with Crippen molar-refractivity contribution >= 4 is 11.5 Å². The zero-order valence-corrected chi connectivity index (χ0v) is 14.4. The Labute approximate surface area is 142 Å². The van der Waals surface area contributed by atoms with E-state index in [2.05, 4.69) is 0 Å². The minimum Gasteiger partial charge on any atom is -0.497 e. The first kappa shape index (κ1) is 15.7. The Bertz CT molecular complexity index is 682. The predicted octanol–water partition coefficient (Wildman–Crippen LogP) is 4.09. The molecular formula is C20H24O4. The van der Waals surface area contributed by atoms with Gasteiger partial charge in [0, 0.05) is 17.4 Å². The van der Waals surface area contributed by atoms with E-state index in [1.807, 2.05) is 31.2 Å². The Hall–Kier alpha value is -1.81. The Morgan fingerprint density at radius 3 is 2.46 bits per heavy atom. The molecule has 4 rings (SSSR count). The Morgan fingerprint density at radius 1 is 1.08 bits per heavy atom. The van der Waals surface area contributed by atoms with Crippen LogP contribution < -0.4 is 4.74 Å². The van der Waals surface area contributed by atoms with Crippen molar-refractivity contribution in [3.05, 3.63) is 35.4 Å². The average Bonchev–Trinajstić information content (AvgIpc) is 3.06. The van der Waals surface area contributed by atoms with E-state index in [0.29, 0.717) is 12.2 Å². The predicted molar refractivity (Wildman–Crippen MR) is 90.5 cm³/mol. The highest BCUT2D eigenvalue weighted by Crippen LogP contribution is 2.55. The fourth-order valence-electron chi connectivity index (χ4n) is 4.51. The molecule has 0 aromatic heterocycles. The molecule has 1 aromatic carbocycles. The molecule has 128 valence electrons. The highest BCUT2D eigenvalue weighted by molar-refractivity contribution is 6.20. The highest BCUT2D eigenvalue weighted by atomic mass is 16.7. The van der Waals surface area contributed by atoms with E-state index in [1.165, 1.54) is 32.1 Å². The Balaban J connectivity index is 1.66.